The molecule has 0 spiro atoms. The molecule has 0 bridgehead atoms. The van der Waals surface area contributed by atoms with Crippen LogP contribution in [0.15, 0.2) is 64.1 Å². The first kappa shape index (κ1) is 16.7. The number of nitrogens with zero attached hydrogens (tertiary/aromatic N) is 2. The summed E-state index contributed by atoms with van der Waals surface area (Å²) in [7, 11) is 0. The molecule has 0 radical (unpaired) electrons. The van der Waals surface area contributed by atoms with E-state index in [1.54, 1.807) is 0 Å². The number of hydrogen-bond donors (Lipinski definition) is 0. The van der Waals surface area contributed by atoms with Gasteiger partial charge in [0.2, 0.25) is 0 Å². The van der Waals surface area contributed by atoms with Crippen LogP contribution in [0.4, 0.5) is 5.69 Å². The standard InChI is InChI=1S/C21H21BrN2/c1-4-17-7-5-6-8-21(17)23-14-18-13-15(2)24(16(18)3)20-11-9-19(22)10-12-20/h5-14H,4H2,1-3H3. The molecule has 0 saturated carbocycles. The van der Waals surface area contributed by atoms with Crippen molar-refractivity contribution < 1.29 is 0 Å². The van der Waals surface area contributed by atoms with E-state index in [1.165, 1.54) is 22.6 Å². The number of hydrogen-bond acceptors (Lipinski definition) is 1. The molecule has 0 amide bonds. The fourth-order valence-corrected chi connectivity index (χ4v) is 3.24. The van der Waals surface area contributed by atoms with Crippen LogP contribution in [0.5, 0.6) is 0 Å². The molecule has 2 nitrogen and oxygen atoms in total. The van der Waals surface area contributed by atoms with Gasteiger partial charge in [-0.05, 0) is 62.2 Å². The van der Waals surface area contributed by atoms with E-state index in [9.17, 15) is 0 Å². The van der Waals surface area contributed by atoms with Gasteiger partial charge in [-0.3, -0.25) is 4.99 Å². The van der Waals surface area contributed by atoms with Crippen LogP contribution in [0.1, 0.15) is 29.4 Å². The van der Waals surface area contributed by atoms with Crippen LogP contribution < -0.4 is 0 Å². The van der Waals surface area contributed by atoms with Crippen LogP contribution in [-0.2, 0) is 6.42 Å². The molecular weight excluding hydrogens is 360 g/mol. The summed E-state index contributed by atoms with van der Waals surface area (Å²) < 4.78 is 3.35. The van der Waals surface area contributed by atoms with Crippen molar-refractivity contribution in [2.75, 3.05) is 0 Å². The van der Waals surface area contributed by atoms with Crippen molar-refractivity contribution in [3.8, 4) is 5.69 Å². The molecule has 2 aromatic carbocycles. The number of aromatic nitrogens is 1. The number of para-hydroxylation sites is 1. The number of aliphatic imine (C=N–C) groups is 1. The Labute approximate surface area is 152 Å². The molecule has 0 aliphatic heterocycles. The largest absolute Gasteiger partial charge is 0.318 e. The average molecular weight is 381 g/mol. The van der Waals surface area contributed by atoms with Crippen molar-refractivity contribution in [1.29, 1.82) is 0 Å². The van der Waals surface area contributed by atoms with Crippen LogP contribution in [-0.4, -0.2) is 10.8 Å². The molecule has 3 aromatic rings. The van der Waals surface area contributed by atoms with Gasteiger partial charge in [0.25, 0.3) is 0 Å². The highest BCUT2D eigenvalue weighted by molar-refractivity contribution is 9.10. The number of benzene rings is 2. The highest BCUT2D eigenvalue weighted by Gasteiger charge is 2.09. The lowest BCUT2D eigenvalue weighted by molar-refractivity contribution is 0.964. The van der Waals surface area contributed by atoms with Crippen LogP contribution in [0, 0.1) is 13.8 Å². The maximum atomic E-state index is 4.72. The van der Waals surface area contributed by atoms with E-state index in [4.69, 9.17) is 4.99 Å². The normalized spacial score (nSPS) is 11.3. The van der Waals surface area contributed by atoms with E-state index in [0.717, 1.165) is 22.1 Å². The lowest BCUT2D eigenvalue weighted by atomic mass is 10.1. The number of halogens is 1. The second-order valence-corrected chi connectivity index (χ2v) is 6.79. The summed E-state index contributed by atoms with van der Waals surface area (Å²) in [6.07, 6.45) is 2.97. The minimum Gasteiger partial charge on any atom is -0.318 e. The highest BCUT2D eigenvalue weighted by atomic mass is 79.9. The SMILES string of the molecule is CCc1ccccc1N=Cc1cc(C)n(-c2ccc(Br)cc2)c1C. The second-order valence-electron chi connectivity index (χ2n) is 5.88. The lowest BCUT2D eigenvalue weighted by Crippen LogP contribution is -1.99. The Morgan fingerprint density at radius 3 is 2.46 bits per heavy atom. The summed E-state index contributed by atoms with van der Waals surface area (Å²) in [5.41, 5.74) is 7.06. The van der Waals surface area contributed by atoms with Crippen molar-refractivity contribution >= 4 is 27.8 Å². The molecule has 1 aromatic heterocycles. The summed E-state index contributed by atoms with van der Waals surface area (Å²) in [5.74, 6) is 0. The van der Waals surface area contributed by atoms with E-state index < -0.39 is 0 Å². The summed E-state index contributed by atoms with van der Waals surface area (Å²) in [6, 6.07) is 18.9. The third kappa shape index (κ3) is 3.36. The first-order valence-corrected chi connectivity index (χ1v) is 8.96. The predicted octanol–water partition coefficient (Wildman–Crippen LogP) is 6.17. The fraction of sp³-hybridized carbons (Fsp3) is 0.190. The summed E-state index contributed by atoms with van der Waals surface area (Å²) >= 11 is 3.49. The third-order valence-corrected chi connectivity index (χ3v) is 4.80. The van der Waals surface area contributed by atoms with Gasteiger partial charge < -0.3 is 4.57 Å². The van der Waals surface area contributed by atoms with E-state index in [2.05, 4.69) is 89.8 Å². The zero-order chi connectivity index (χ0) is 17.1. The summed E-state index contributed by atoms with van der Waals surface area (Å²) in [6.45, 7) is 6.43. The number of aryl methyl sites for hydroxylation is 2. The molecule has 24 heavy (non-hydrogen) atoms. The molecule has 1 heterocycles. The molecule has 122 valence electrons. The Hall–Kier alpha value is -2.13. The first-order valence-electron chi connectivity index (χ1n) is 8.17. The lowest BCUT2D eigenvalue weighted by Gasteiger charge is -2.09. The monoisotopic (exact) mass is 380 g/mol. The summed E-state index contributed by atoms with van der Waals surface area (Å²) in [5, 5.41) is 0. The Morgan fingerprint density at radius 2 is 1.75 bits per heavy atom. The maximum Gasteiger partial charge on any atom is 0.0661 e. The molecule has 3 rings (SSSR count). The molecule has 0 atom stereocenters. The van der Waals surface area contributed by atoms with Crippen LogP contribution in [0.3, 0.4) is 0 Å². The van der Waals surface area contributed by atoms with E-state index in [-0.39, 0.29) is 0 Å². The average Bonchev–Trinajstić information content (AvgIpc) is 2.88. The third-order valence-electron chi connectivity index (χ3n) is 4.27. The molecule has 0 unspecified atom stereocenters. The van der Waals surface area contributed by atoms with Gasteiger partial charge in [0.1, 0.15) is 0 Å². The predicted molar refractivity (Wildman–Crippen MR) is 106 cm³/mol. The van der Waals surface area contributed by atoms with Gasteiger partial charge in [-0.1, -0.05) is 41.1 Å². The molecule has 0 N–H and O–H groups in total. The zero-order valence-electron chi connectivity index (χ0n) is 14.3. The van der Waals surface area contributed by atoms with Crippen LogP contribution in [0.2, 0.25) is 0 Å². The van der Waals surface area contributed by atoms with Crippen LogP contribution >= 0.6 is 15.9 Å². The summed E-state index contributed by atoms with van der Waals surface area (Å²) in [4.78, 5) is 4.72. The highest BCUT2D eigenvalue weighted by Crippen LogP contribution is 2.23. The van der Waals surface area contributed by atoms with Crippen molar-refractivity contribution in [2.45, 2.75) is 27.2 Å². The zero-order valence-corrected chi connectivity index (χ0v) is 15.8. The second kappa shape index (κ2) is 7.18. The van der Waals surface area contributed by atoms with Gasteiger partial charge >= 0.3 is 0 Å². The Kier molecular flexibility index (Phi) is 5.00. The fourth-order valence-electron chi connectivity index (χ4n) is 2.98. The van der Waals surface area contributed by atoms with Gasteiger partial charge in [-0.25, -0.2) is 0 Å². The molecule has 0 aliphatic carbocycles. The Morgan fingerprint density at radius 1 is 1.04 bits per heavy atom. The van der Waals surface area contributed by atoms with E-state index >= 15 is 0 Å². The van der Waals surface area contributed by atoms with Crippen LogP contribution in [0.25, 0.3) is 5.69 Å². The Balaban J connectivity index is 1.97. The van der Waals surface area contributed by atoms with Crippen molar-refractivity contribution in [3.05, 3.63) is 81.6 Å². The van der Waals surface area contributed by atoms with Gasteiger partial charge in [0, 0.05) is 33.3 Å². The van der Waals surface area contributed by atoms with Gasteiger partial charge in [-0.15, -0.1) is 0 Å². The number of rotatable bonds is 4. The molecular formula is C21H21BrN2. The smallest absolute Gasteiger partial charge is 0.0661 e. The first-order chi connectivity index (χ1) is 11.6. The van der Waals surface area contributed by atoms with Gasteiger partial charge in [0.05, 0.1) is 5.69 Å². The van der Waals surface area contributed by atoms with Gasteiger partial charge in [-0.2, -0.15) is 0 Å². The molecule has 3 heteroatoms. The molecule has 0 aliphatic rings. The Bertz CT molecular complexity index is 873. The maximum absolute atomic E-state index is 4.72. The van der Waals surface area contributed by atoms with Crippen molar-refractivity contribution in [1.82, 2.24) is 4.57 Å². The topological polar surface area (TPSA) is 17.3 Å². The van der Waals surface area contributed by atoms with E-state index in [1.807, 2.05) is 12.3 Å². The molecule has 0 fully saturated rings. The quantitative estimate of drug-likeness (QED) is 0.481. The van der Waals surface area contributed by atoms with Crippen molar-refractivity contribution in [2.24, 2.45) is 4.99 Å². The van der Waals surface area contributed by atoms with Crippen molar-refractivity contribution in [3.63, 3.8) is 0 Å². The minimum atomic E-state index is 0.991. The minimum absolute atomic E-state index is 0.991. The van der Waals surface area contributed by atoms with E-state index in [0.29, 0.717) is 0 Å². The van der Waals surface area contributed by atoms with Gasteiger partial charge in [0.15, 0.2) is 0 Å². The molecule has 0 saturated heterocycles.